The van der Waals surface area contributed by atoms with E-state index in [0.29, 0.717) is 12.2 Å². The summed E-state index contributed by atoms with van der Waals surface area (Å²) in [6.07, 6.45) is 1.95. The van der Waals surface area contributed by atoms with E-state index in [4.69, 9.17) is 4.74 Å². The van der Waals surface area contributed by atoms with Crippen LogP contribution in [0.1, 0.15) is 19.8 Å². The van der Waals surface area contributed by atoms with E-state index in [9.17, 15) is 4.79 Å². The van der Waals surface area contributed by atoms with Crippen LogP contribution >= 0.6 is 0 Å². The predicted octanol–water partition coefficient (Wildman–Crippen LogP) is -0.0297. The lowest BCUT2D eigenvalue weighted by Crippen LogP contribution is -2.42. The molecule has 0 amide bonds. The molecule has 3 N–H and O–H groups in total. The van der Waals surface area contributed by atoms with Crippen molar-refractivity contribution in [3.05, 3.63) is 12.2 Å². The molecule has 0 radical (unpaired) electrons. The average molecular weight is 312 g/mol. The van der Waals surface area contributed by atoms with Crippen molar-refractivity contribution in [3.8, 4) is 0 Å². The summed E-state index contributed by atoms with van der Waals surface area (Å²) in [5, 5.41) is 10.3. The van der Waals surface area contributed by atoms with E-state index >= 15 is 0 Å². The van der Waals surface area contributed by atoms with Gasteiger partial charge in [0.25, 0.3) is 0 Å². The van der Waals surface area contributed by atoms with Gasteiger partial charge in [0.1, 0.15) is 0 Å². The van der Waals surface area contributed by atoms with Crippen molar-refractivity contribution in [3.63, 3.8) is 0 Å². The highest BCUT2D eigenvalue weighted by molar-refractivity contribution is 5.86. The van der Waals surface area contributed by atoms with E-state index in [1.807, 2.05) is 0 Å². The van der Waals surface area contributed by atoms with E-state index in [0.717, 1.165) is 71.7 Å². The summed E-state index contributed by atoms with van der Waals surface area (Å²) in [6.45, 7) is 15.0. The van der Waals surface area contributed by atoms with Crippen molar-refractivity contribution in [1.29, 1.82) is 0 Å². The van der Waals surface area contributed by atoms with Gasteiger partial charge in [-0.3, -0.25) is 0 Å². The molecule has 0 spiro atoms. The van der Waals surface area contributed by atoms with Crippen molar-refractivity contribution in [2.75, 3.05) is 65.5 Å². The Morgan fingerprint density at radius 3 is 2.09 bits per heavy atom. The van der Waals surface area contributed by atoms with Crippen molar-refractivity contribution in [2.24, 2.45) is 0 Å². The number of carbonyl (C=O) groups excluding carboxylic acids is 1. The third-order valence-electron chi connectivity index (χ3n) is 3.62. The molecule has 0 saturated carbocycles. The van der Waals surface area contributed by atoms with Crippen molar-refractivity contribution < 1.29 is 9.53 Å². The van der Waals surface area contributed by atoms with Gasteiger partial charge < -0.3 is 25.6 Å². The number of rotatable bonds is 6. The molecule has 1 heterocycles. The Balaban J connectivity index is 2.14. The molecule has 0 atom stereocenters. The third-order valence-corrected chi connectivity index (χ3v) is 3.62. The Kier molecular flexibility index (Phi) is 10.9. The van der Waals surface area contributed by atoms with Crippen LogP contribution in [0.3, 0.4) is 0 Å². The zero-order chi connectivity index (χ0) is 16.0. The summed E-state index contributed by atoms with van der Waals surface area (Å²) in [5.41, 5.74) is 0.467. The Morgan fingerprint density at radius 1 is 1.00 bits per heavy atom. The zero-order valence-corrected chi connectivity index (χ0v) is 14.0. The molecular weight excluding hydrogens is 280 g/mol. The van der Waals surface area contributed by atoms with Crippen molar-refractivity contribution in [1.82, 2.24) is 20.9 Å². The van der Waals surface area contributed by atoms with Crippen molar-refractivity contribution in [2.45, 2.75) is 19.8 Å². The van der Waals surface area contributed by atoms with Gasteiger partial charge in [-0.05, 0) is 26.3 Å². The van der Waals surface area contributed by atoms with E-state index in [1.54, 1.807) is 6.92 Å². The topological polar surface area (TPSA) is 65.6 Å². The van der Waals surface area contributed by atoms with Gasteiger partial charge in [-0.1, -0.05) is 6.58 Å². The maximum absolute atomic E-state index is 11.3. The largest absolute Gasteiger partial charge is 0.462 e. The molecule has 0 aromatic rings. The van der Waals surface area contributed by atoms with E-state index in [1.165, 1.54) is 0 Å². The number of nitrogens with one attached hydrogen (secondary N) is 3. The van der Waals surface area contributed by atoms with Crippen LogP contribution in [0.5, 0.6) is 0 Å². The lowest BCUT2D eigenvalue weighted by atomic mass is 10.3. The van der Waals surface area contributed by atoms with E-state index < -0.39 is 0 Å². The first-order chi connectivity index (χ1) is 10.7. The number of unbranched alkanes of at least 4 members (excludes halogenated alkanes) is 1. The smallest absolute Gasteiger partial charge is 0.333 e. The molecular formula is C16H32N4O2. The minimum atomic E-state index is -0.284. The minimum Gasteiger partial charge on any atom is -0.462 e. The lowest BCUT2D eigenvalue weighted by molar-refractivity contribution is -0.139. The molecule has 1 fully saturated rings. The fraction of sp³-hybridized carbons (Fsp3) is 0.812. The summed E-state index contributed by atoms with van der Waals surface area (Å²) in [5.74, 6) is -0.284. The van der Waals surface area contributed by atoms with Crippen LogP contribution in [0.25, 0.3) is 0 Å². The van der Waals surface area contributed by atoms with Gasteiger partial charge in [0.15, 0.2) is 0 Å². The van der Waals surface area contributed by atoms with Crippen LogP contribution in [0.15, 0.2) is 12.2 Å². The number of hydrogen-bond acceptors (Lipinski definition) is 6. The second-order valence-corrected chi connectivity index (χ2v) is 5.71. The Bertz CT molecular complexity index is 311. The molecule has 0 aromatic heterocycles. The fourth-order valence-electron chi connectivity index (χ4n) is 2.26. The Hall–Kier alpha value is -0.950. The first-order valence-corrected chi connectivity index (χ1v) is 8.37. The molecule has 128 valence electrons. The molecule has 0 aromatic carbocycles. The highest BCUT2D eigenvalue weighted by Gasteiger charge is 2.06. The summed E-state index contributed by atoms with van der Waals surface area (Å²) in [4.78, 5) is 13.7. The SMILES string of the molecule is C=C(C)C(=O)OCCCCN1CCNCCNCCNCC1. The predicted molar refractivity (Wildman–Crippen MR) is 90.1 cm³/mol. The summed E-state index contributed by atoms with van der Waals surface area (Å²) in [6, 6.07) is 0. The molecule has 1 rings (SSSR count). The molecule has 22 heavy (non-hydrogen) atoms. The molecule has 6 nitrogen and oxygen atoms in total. The van der Waals surface area contributed by atoms with Gasteiger partial charge in [-0.15, -0.1) is 0 Å². The van der Waals surface area contributed by atoms with E-state index in [-0.39, 0.29) is 5.97 Å². The molecule has 1 aliphatic rings. The van der Waals surface area contributed by atoms with Crippen LogP contribution in [0.2, 0.25) is 0 Å². The monoisotopic (exact) mass is 312 g/mol. The number of carbonyl (C=O) groups is 1. The Morgan fingerprint density at radius 2 is 1.55 bits per heavy atom. The standard InChI is InChI=1S/C16H32N4O2/c1-15(2)16(21)22-14-4-3-11-20-12-9-18-7-5-17-6-8-19-10-13-20/h17-19H,1,3-14H2,2H3. The number of nitrogens with zero attached hydrogens (tertiary/aromatic N) is 1. The minimum absolute atomic E-state index is 0.284. The second kappa shape index (κ2) is 12.6. The fourth-order valence-corrected chi connectivity index (χ4v) is 2.26. The first kappa shape index (κ1) is 19.1. The number of ether oxygens (including phenoxy) is 1. The number of esters is 1. The molecule has 6 heteroatoms. The quantitative estimate of drug-likeness (QED) is 0.364. The van der Waals surface area contributed by atoms with Gasteiger partial charge in [0.05, 0.1) is 6.61 Å². The van der Waals surface area contributed by atoms with Gasteiger partial charge >= 0.3 is 5.97 Å². The van der Waals surface area contributed by atoms with Gasteiger partial charge in [-0.25, -0.2) is 4.79 Å². The van der Waals surface area contributed by atoms with Crippen LogP contribution in [0, 0.1) is 0 Å². The van der Waals surface area contributed by atoms with Crippen LogP contribution < -0.4 is 16.0 Å². The second-order valence-electron chi connectivity index (χ2n) is 5.71. The average Bonchev–Trinajstić information content (AvgIpc) is 2.48. The van der Waals surface area contributed by atoms with Gasteiger partial charge in [0, 0.05) is 57.9 Å². The summed E-state index contributed by atoms with van der Waals surface area (Å²) < 4.78 is 5.12. The van der Waals surface area contributed by atoms with Gasteiger partial charge in [0.2, 0.25) is 0 Å². The lowest BCUT2D eigenvalue weighted by Gasteiger charge is -2.23. The number of hydrogen-bond donors (Lipinski definition) is 3. The highest BCUT2D eigenvalue weighted by Crippen LogP contribution is 1.98. The zero-order valence-electron chi connectivity index (χ0n) is 14.0. The first-order valence-electron chi connectivity index (χ1n) is 8.37. The van der Waals surface area contributed by atoms with Gasteiger partial charge in [-0.2, -0.15) is 0 Å². The molecule has 0 aliphatic carbocycles. The van der Waals surface area contributed by atoms with E-state index in [2.05, 4.69) is 27.4 Å². The highest BCUT2D eigenvalue weighted by atomic mass is 16.5. The molecule has 1 saturated heterocycles. The maximum atomic E-state index is 11.3. The van der Waals surface area contributed by atoms with Crippen molar-refractivity contribution >= 4 is 5.97 Å². The maximum Gasteiger partial charge on any atom is 0.333 e. The summed E-state index contributed by atoms with van der Waals surface area (Å²) >= 11 is 0. The third kappa shape index (κ3) is 9.89. The molecule has 0 bridgehead atoms. The molecule has 0 unspecified atom stereocenters. The van der Waals surface area contributed by atoms with Crippen LogP contribution in [0.4, 0.5) is 0 Å². The van der Waals surface area contributed by atoms with Crippen LogP contribution in [-0.4, -0.2) is 76.4 Å². The summed E-state index contributed by atoms with van der Waals surface area (Å²) in [7, 11) is 0. The normalized spacial score (nSPS) is 19.0. The van der Waals surface area contributed by atoms with Crippen LogP contribution in [-0.2, 0) is 9.53 Å². The molecule has 1 aliphatic heterocycles. The Labute approximate surface area is 134 Å².